The molecule has 0 fully saturated rings. The molecule has 0 aromatic carbocycles. The third-order valence-corrected chi connectivity index (χ3v) is 21.3. The minimum absolute atomic E-state index is 1.29. The van der Waals surface area contributed by atoms with Crippen molar-refractivity contribution in [2.75, 3.05) is 23.0 Å². The number of unbranched alkanes of at least 4 members (excludes halogenated alkanes) is 6. The van der Waals surface area contributed by atoms with Crippen LogP contribution in [0.4, 0.5) is 0 Å². The lowest BCUT2D eigenvalue weighted by Crippen LogP contribution is -1.86. The fourth-order valence-corrected chi connectivity index (χ4v) is 18.0. The van der Waals surface area contributed by atoms with Crippen molar-refractivity contribution in [3.63, 3.8) is 0 Å². The van der Waals surface area contributed by atoms with Crippen molar-refractivity contribution in [3.05, 3.63) is 26.8 Å². The van der Waals surface area contributed by atoms with Crippen LogP contribution >= 0.6 is 92.2 Å². The Morgan fingerprint density at radius 2 is 0.640 bits per heavy atom. The van der Waals surface area contributed by atoms with E-state index in [4.69, 9.17) is 0 Å². The third kappa shape index (κ3) is 22.5. The summed E-state index contributed by atoms with van der Waals surface area (Å²) in [5.74, 6) is 5.35. The first-order valence-electron chi connectivity index (χ1n) is 21.2. The van der Waals surface area contributed by atoms with E-state index in [9.17, 15) is 0 Å². The SMILES string of the molecule is CCCCCCC1=C2SCCCCCCCCCCCCSSCCCCCCCCCCCCSC3=C(CCCCCC)S/C(=C(/S1)S2)S3. The lowest BCUT2D eigenvalue weighted by atomic mass is 10.1. The zero-order valence-electron chi connectivity index (χ0n) is 32.3. The molecular formula is C42H74S8. The maximum absolute atomic E-state index is 2.34. The van der Waals surface area contributed by atoms with Crippen molar-refractivity contribution in [3.8, 4) is 0 Å². The molecule has 0 N–H and O–H groups in total. The molecule has 3 aliphatic rings. The van der Waals surface area contributed by atoms with Gasteiger partial charge in [-0.15, -0.1) is 23.5 Å². The van der Waals surface area contributed by atoms with Crippen LogP contribution in [0, 0.1) is 0 Å². The van der Waals surface area contributed by atoms with Crippen LogP contribution in [-0.2, 0) is 0 Å². The molecule has 4 bridgehead atoms. The summed E-state index contributed by atoms with van der Waals surface area (Å²) in [6.07, 6.45) is 42.3. The largest absolute Gasteiger partial charge is 0.118 e. The maximum atomic E-state index is 2.34. The number of rotatable bonds is 10. The first-order valence-corrected chi connectivity index (χ1v) is 29.0. The predicted molar refractivity (Wildman–Crippen MR) is 251 cm³/mol. The highest BCUT2D eigenvalue weighted by atomic mass is 33.1. The Morgan fingerprint density at radius 3 is 0.980 bits per heavy atom. The van der Waals surface area contributed by atoms with Crippen molar-refractivity contribution >= 4 is 92.2 Å². The molecule has 0 aromatic rings. The first-order chi connectivity index (χ1) is 24.8. The lowest BCUT2D eigenvalue weighted by molar-refractivity contribution is 0.564. The third-order valence-electron chi connectivity index (χ3n) is 9.73. The highest BCUT2D eigenvalue weighted by molar-refractivity contribution is 8.76. The van der Waals surface area contributed by atoms with Gasteiger partial charge in [0.1, 0.15) is 0 Å². The Morgan fingerprint density at radius 1 is 0.320 bits per heavy atom. The molecule has 0 saturated heterocycles. The summed E-state index contributed by atoms with van der Waals surface area (Å²) in [4.78, 5) is 3.41. The molecule has 0 atom stereocenters. The van der Waals surface area contributed by atoms with E-state index >= 15 is 0 Å². The zero-order valence-corrected chi connectivity index (χ0v) is 38.8. The molecule has 8 heteroatoms. The van der Waals surface area contributed by atoms with Crippen LogP contribution < -0.4 is 0 Å². The van der Waals surface area contributed by atoms with Crippen molar-refractivity contribution in [2.24, 2.45) is 0 Å². The molecule has 0 radical (unpaired) electrons. The summed E-state index contributed by atoms with van der Waals surface area (Å²) in [6.45, 7) is 4.68. The Balaban J connectivity index is 1.52. The minimum atomic E-state index is 1.29. The monoisotopic (exact) mass is 834 g/mol. The summed E-state index contributed by atoms with van der Waals surface area (Å²) in [7, 11) is 4.29. The van der Waals surface area contributed by atoms with Gasteiger partial charge in [0.15, 0.2) is 0 Å². The Hall–Kier alpha value is 2.02. The second-order valence-electron chi connectivity index (χ2n) is 14.4. The van der Waals surface area contributed by atoms with Gasteiger partial charge in [0.2, 0.25) is 0 Å². The summed E-state index contributed by atoms with van der Waals surface area (Å²) >= 11 is 13.0. The predicted octanol–water partition coefficient (Wildman–Crippen LogP) is 19.0. The average Bonchev–Trinajstić information content (AvgIpc) is 3.73. The van der Waals surface area contributed by atoms with Gasteiger partial charge >= 0.3 is 0 Å². The molecular weight excluding hydrogens is 761 g/mol. The standard InChI is InChI=1S/C42H74S8/c1-3-5-7-25-31-37-39-43-33-27-21-17-13-9-11-15-19-23-29-35-45-46-36-30-24-20-16-12-10-14-18-22-28-34-44-40-38(32-26-8-6-4-2)48-42(50-40)41(47-37)49-39/h3-36H2,1-2H3/b42-41+. The Bertz CT molecular complexity index is 868. The summed E-state index contributed by atoms with van der Waals surface area (Å²) in [6, 6.07) is 0. The molecule has 50 heavy (non-hydrogen) atoms. The van der Waals surface area contributed by atoms with Gasteiger partial charge in [-0.1, -0.05) is 224 Å². The molecule has 0 unspecified atom stereocenters. The summed E-state index contributed by atoms with van der Waals surface area (Å²) in [5, 5.41) is 0. The number of hydrogen-bond acceptors (Lipinski definition) is 8. The molecule has 0 nitrogen and oxygen atoms in total. The summed E-state index contributed by atoms with van der Waals surface area (Å²) < 4.78 is 6.55. The second-order valence-corrected chi connectivity index (χ2v) is 24.6. The van der Waals surface area contributed by atoms with Crippen LogP contribution in [0.25, 0.3) is 0 Å². The van der Waals surface area contributed by atoms with Crippen molar-refractivity contribution in [1.82, 2.24) is 0 Å². The van der Waals surface area contributed by atoms with Gasteiger partial charge in [0, 0.05) is 21.3 Å². The molecule has 0 aromatic heterocycles. The molecule has 290 valence electrons. The highest BCUT2D eigenvalue weighted by Crippen LogP contribution is 2.64. The van der Waals surface area contributed by atoms with E-state index in [0.717, 1.165) is 0 Å². The average molecular weight is 836 g/mol. The normalized spacial score (nSPS) is 23.6. The van der Waals surface area contributed by atoms with Crippen LogP contribution in [0.2, 0.25) is 0 Å². The fraction of sp³-hybridized carbons (Fsp3) is 0.857. The van der Waals surface area contributed by atoms with Crippen molar-refractivity contribution < 1.29 is 0 Å². The van der Waals surface area contributed by atoms with E-state index in [-0.39, 0.29) is 0 Å². The summed E-state index contributed by atoms with van der Waals surface area (Å²) in [5.41, 5.74) is 0. The van der Waals surface area contributed by atoms with E-state index in [1.165, 1.54) is 216 Å². The molecule has 0 saturated carbocycles. The van der Waals surface area contributed by atoms with E-state index in [2.05, 4.69) is 106 Å². The highest BCUT2D eigenvalue weighted by Gasteiger charge is 2.30. The van der Waals surface area contributed by atoms with Crippen LogP contribution in [0.3, 0.4) is 0 Å². The van der Waals surface area contributed by atoms with Crippen LogP contribution in [0.15, 0.2) is 26.8 Å². The molecule has 3 aliphatic heterocycles. The van der Waals surface area contributed by atoms with Gasteiger partial charge in [-0.3, -0.25) is 0 Å². The van der Waals surface area contributed by atoms with Crippen LogP contribution in [0.5, 0.6) is 0 Å². The molecule has 0 spiro atoms. The van der Waals surface area contributed by atoms with Gasteiger partial charge in [0.25, 0.3) is 0 Å². The lowest BCUT2D eigenvalue weighted by Gasteiger charge is -2.06. The molecule has 3 heterocycles. The molecule has 3 rings (SSSR count). The second kappa shape index (κ2) is 33.2. The fourth-order valence-electron chi connectivity index (χ4n) is 6.55. The molecule has 0 aliphatic carbocycles. The Kier molecular flexibility index (Phi) is 30.8. The van der Waals surface area contributed by atoms with Crippen molar-refractivity contribution in [2.45, 2.75) is 206 Å². The number of allylic oxidation sites excluding steroid dienone is 2. The van der Waals surface area contributed by atoms with Crippen molar-refractivity contribution in [1.29, 1.82) is 0 Å². The van der Waals surface area contributed by atoms with Crippen LogP contribution in [0.1, 0.15) is 206 Å². The number of hydrogen-bond donors (Lipinski definition) is 0. The first kappa shape index (κ1) is 46.4. The molecule has 0 amide bonds. The van der Waals surface area contributed by atoms with Gasteiger partial charge in [-0.25, -0.2) is 0 Å². The van der Waals surface area contributed by atoms with E-state index in [0.29, 0.717) is 0 Å². The van der Waals surface area contributed by atoms with E-state index < -0.39 is 0 Å². The van der Waals surface area contributed by atoms with Crippen LogP contribution in [-0.4, -0.2) is 23.0 Å². The maximum Gasteiger partial charge on any atom is 0.0708 e. The van der Waals surface area contributed by atoms with Gasteiger partial charge in [-0.05, 0) is 62.9 Å². The topological polar surface area (TPSA) is 0 Å². The number of thioether (sulfide) groups is 6. The van der Waals surface area contributed by atoms with Gasteiger partial charge < -0.3 is 0 Å². The van der Waals surface area contributed by atoms with E-state index in [1.54, 1.807) is 26.8 Å². The quantitative estimate of drug-likeness (QED) is 0.156. The van der Waals surface area contributed by atoms with Gasteiger partial charge in [-0.2, -0.15) is 0 Å². The zero-order chi connectivity index (χ0) is 35.2. The smallest absolute Gasteiger partial charge is 0.0708 e. The van der Waals surface area contributed by atoms with Gasteiger partial charge in [0.05, 0.1) is 16.9 Å². The minimum Gasteiger partial charge on any atom is -0.118 e. The van der Waals surface area contributed by atoms with E-state index in [1.807, 2.05) is 0 Å². The Labute approximate surface area is 345 Å². The number of fused-ring (bicyclic) bond motifs is 4.